The normalized spacial score (nSPS) is 24.4. The van der Waals surface area contributed by atoms with Crippen molar-refractivity contribution in [3.05, 3.63) is 18.2 Å². The minimum atomic E-state index is -4.09. The molecule has 2 aliphatic rings. The van der Waals surface area contributed by atoms with Crippen LogP contribution >= 0.6 is 0 Å². The number of aryl methyl sites for hydroxylation is 1. The lowest BCUT2D eigenvalue weighted by Gasteiger charge is -2.25. The second-order valence-electron chi connectivity index (χ2n) is 8.16. The second kappa shape index (κ2) is 8.84. The van der Waals surface area contributed by atoms with Crippen molar-refractivity contribution in [3.63, 3.8) is 0 Å². The number of hydrogen-bond acceptors (Lipinski definition) is 3. The highest BCUT2D eigenvalue weighted by molar-refractivity contribution is 5.92. The van der Waals surface area contributed by atoms with Crippen LogP contribution in [-0.2, 0) is 6.54 Å². The minimum absolute atomic E-state index is 0.0257. The van der Waals surface area contributed by atoms with Gasteiger partial charge >= 0.3 is 6.18 Å². The topological polar surface area (TPSA) is 41.4 Å². The summed E-state index contributed by atoms with van der Waals surface area (Å²) in [5.74, 6) is 1.26. The van der Waals surface area contributed by atoms with Gasteiger partial charge in [0.25, 0.3) is 5.91 Å². The summed E-state index contributed by atoms with van der Waals surface area (Å²) < 4.78 is 39.1. The van der Waals surface area contributed by atoms with E-state index in [-0.39, 0.29) is 12.5 Å². The lowest BCUT2D eigenvalue weighted by Crippen LogP contribution is -2.36. The Hall–Kier alpha value is -1.57. The summed E-state index contributed by atoms with van der Waals surface area (Å²) in [4.78, 5) is 21.0. The molecule has 2 fully saturated rings. The van der Waals surface area contributed by atoms with E-state index in [0.29, 0.717) is 30.0 Å². The molecule has 1 aromatic rings. The molecule has 0 aromatic carbocycles. The molecule has 158 valence electrons. The summed E-state index contributed by atoms with van der Waals surface area (Å²) in [5, 5.41) is 0. The maximum absolute atomic E-state index is 12.9. The Morgan fingerprint density at radius 1 is 1.25 bits per heavy atom. The lowest BCUT2D eigenvalue weighted by molar-refractivity contribution is -0.137. The second-order valence-corrected chi connectivity index (χ2v) is 8.16. The van der Waals surface area contributed by atoms with Crippen molar-refractivity contribution < 1.29 is 18.0 Å². The van der Waals surface area contributed by atoms with Crippen LogP contribution in [0.2, 0.25) is 0 Å². The molecular weight excluding hydrogens is 369 g/mol. The Labute approximate surface area is 164 Å². The number of fused-ring (bicyclic) bond motifs is 1. The summed E-state index contributed by atoms with van der Waals surface area (Å²) in [6, 6.07) is 0. The van der Waals surface area contributed by atoms with E-state index >= 15 is 0 Å². The predicted molar refractivity (Wildman–Crippen MR) is 101 cm³/mol. The van der Waals surface area contributed by atoms with Gasteiger partial charge in [0.2, 0.25) is 0 Å². The molecule has 1 amide bonds. The van der Waals surface area contributed by atoms with Gasteiger partial charge in [0.1, 0.15) is 5.69 Å². The SMILES string of the molecule is CCCCCN(CC1C2CN(CCC(F)(F)F)CC21)C(=O)c1cn(CC)cn1. The first kappa shape index (κ1) is 21.1. The van der Waals surface area contributed by atoms with Gasteiger partial charge in [0.05, 0.1) is 12.7 Å². The van der Waals surface area contributed by atoms with E-state index in [2.05, 4.69) is 11.9 Å². The first-order valence-electron chi connectivity index (χ1n) is 10.4. The molecule has 5 nitrogen and oxygen atoms in total. The van der Waals surface area contributed by atoms with Gasteiger partial charge in [-0.2, -0.15) is 13.2 Å². The molecule has 1 aliphatic carbocycles. The maximum atomic E-state index is 12.9. The van der Waals surface area contributed by atoms with Crippen molar-refractivity contribution in [3.8, 4) is 0 Å². The largest absolute Gasteiger partial charge is 0.390 e. The third kappa shape index (κ3) is 5.27. The highest BCUT2D eigenvalue weighted by Crippen LogP contribution is 2.52. The highest BCUT2D eigenvalue weighted by Gasteiger charge is 2.56. The summed E-state index contributed by atoms with van der Waals surface area (Å²) in [6.45, 7) is 7.89. The number of piperidine rings is 1. The molecule has 1 aromatic heterocycles. The van der Waals surface area contributed by atoms with Crippen LogP contribution in [0, 0.1) is 17.8 Å². The lowest BCUT2D eigenvalue weighted by atomic mass is 10.2. The van der Waals surface area contributed by atoms with Gasteiger partial charge in [-0.05, 0) is 31.1 Å². The van der Waals surface area contributed by atoms with E-state index in [1.807, 2.05) is 21.3 Å². The van der Waals surface area contributed by atoms with E-state index in [1.54, 1.807) is 12.5 Å². The molecule has 3 rings (SSSR count). The van der Waals surface area contributed by atoms with Crippen molar-refractivity contribution in [1.29, 1.82) is 0 Å². The average molecular weight is 400 g/mol. The molecule has 1 saturated carbocycles. The number of nitrogens with zero attached hydrogens (tertiary/aromatic N) is 4. The van der Waals surface area contributed by atoms with Crippen LogP contribution in [0.25, 0.3) is 0 Å². The molecule has 2 unspecified atom stereocenters. The van der Waals surface area contributed by atoms with Crippen molar-refractivity contribution >= 4 is 5.91 Å². The van der Waals surface area contributed by atoms with Crippen LogP contribution in [0.15, 0.2) is 12.5 Å². The van der Waals surface area contributed by atoms with E-state index in [4.69, 9.17) is 0 Å². The Morgan fingerprint density at radius 2 is 1.96 bits per heavy atom. The third-order valence-corrected chi connectivity index (χ3v) is 6.13. The fraction of sp³-hybridized carbons (Fsp3) is 0.800. The molecular formula is C20H31F3N4O. The highest BCUT2D eigenvalue weighted by atomic mass is 19.4. The molecule has 1 aliphatic heterocycles. The number of amides is 1. The average Bonchev–Trinajstić information content (AvgIpc) is 3.05. The fourth-order valence-electron chi connectivity index (χ4n) is 4.36. The summed E-state index contributed by atoms with van der Waals surface area (Å²) >= 11 is 0. The Morgan fingerprint density at radius 3 is 2.54 bits per heavy atom. The number of unbranched alkanes of at least 4 members (excludes halogenated alkanes) is 2. The van der Waals surface area contributed by atoms with Crippen molar-refractivity contribution in [2.75, 3.05) is 32.7 Å². The van der Waals surface area contributed by atoms with Crippen LogP contribution in [-0.4, -0.2) is 64.2 Å². The van der Waals surface area contributed by atoms with Gasteiger partial charge < -0.3 is 14.4 Å². The zero-order valence-electron chi connectivity index (χ0n) is 16.8. The van der Waals surface area contributed by atoms with Crippen molar-refractivity contribution in [1.82, 2.24) is 19.4 Å². The van der Waals surface area contributed by atoms with Crippen LogP contribution < -0.4 is 0 Å². The molecule has 0 spiro atoms. The van der Waals surface area contributed by atoms with Gasteiger partial charge in [-0.25, -0.2) is 4.98 Å². The number of likely N-dealkylation sites (tertiary alicyclic amines) is 1. The number of aromatic nitrogens is 2. The van der Waals surface area contributed by atoms with Gasteiger partial charge in [-0.1, -0.05) is 19.8 Å². The monoisotopic (exact) mass is 400 g/mol. The van der Waals surface area contributed by atoms with Crippen LogP contribution in [0.3, 0.4) is 0 Å². The first-order valence-corrected chi connectivity index (χ1v) is 10.4. The zero-order chi connectivity index (χ0) is 20.3. The smallest absolute Gasteiger partial charge is 0.337 e. The number of hydrogen-bond donors (Lipinski definition) is 0. The number of rotatable bonds is 10. The van der Waals surface area contributed by atoms with E-state index in [0.717, 1.165) is 45.4 Å². The standard InChI is InChI=1S/C20H31F3N4O/c1-3-5-6-8-27(19(28)18-13-25(4-2)14-24-18)12-17-15-10-26(11-16(15)17)9-7-20(21,22)23/h13-17H,3-12H2,1-2H3. The summed E-state index contributed by atoms with van der Waals surface area (Å²) in [6.07, 6.45) is 1.79. The molecule has 0 bridgehead atoms. The fourth-order valence-corrected chi connectivity index (χ4v) is 4.36. The van der Waals surface area contributed by atoms with Crippen molar-refractivity contribution in [2.45, 2.75) is 52.3 Å². The van der Waals surface area contributed by atoms with E-state index in [9.17, 15) is 18.0 Å². The molecule has 8 heteroatoms. The van der Waals surface area contributed by atoms with Crippen molar-refractivity contribution in [2.24, 2.45) is 17.8 Å². The number of alkyl halides is 3. The molecule has 0 N–H and O–H groups in total. The number of imidazole rings is 1. The quantitative estimate of drug-likeness (QED) is 0.563. The zero-order valence-corrected chi connectivity index (χ0v) is 16.8. The van der Waals surface area contributed by atoms with E-state index in [1.165, 1.54) is 0 Å². The van der Waals surface area contributed by atoms with Gasteiger partial charge in [-0.3, -0.25) is 4.79 Å². The van der Waals surface area contributed by atoms with Crippen LogP contribution in [0.5, 0.6) is 0 Å². The summed E-state index contributed by atoms with van der Waals surface area (Å²) in [7, 11) is 0. The Bertz CT molecular complexity index is 648. The van der Waals surface area contributed by atoms with Crippen LogP contribution in [0.4, 0.5) is 13.2 Å². The van der Waals surface area contributed by atoms with Gasteiger partial charge in [0, 0.05) is 45.5 Å². The molecule has 2 heterocycles. The maximum Gasteiger partial charge on any atom is 0.390 e. The summed E-state index contributed by atoms with van der Waals surface area (Å²) in [5.41, 5.74) is 0.482. The number of carbonyl (C=O) groups excluding carboxylic acids is 1. The molecule has 2 atom stereocenters. The van der Waals surface area contributed by atoms with E-state index < -0.39 is 12.6 Å². The Balaban J connectivity index is 1.53. The third-order valence-electron chi connectivity index (χ3n) is 6.13. The van der Waals surface area contributed by atoms with Gasteiger partial charge in [0.15, 0.2) is 0 Å². The minimum Gasteiger partial charge on any atom is -0.337 e. The predicted octanol–water partition coefficient (Wildman–Crippen LogP) is 3.67. The molecule has 28 heavy (non-hydrogen) atoms. The Kier molecular flexibility index (Phi) is 6.68. The first-order chi connectivity index (χ1) is 13.3. The number of halogens is 3. The molecule has 1 saturated heterocycles. The number of carbonyl (C=O) groups is 1. The molecule has 0 radical (unpaired) electrons. The van der Waals surface area contributed by atoms with Gasteiger partial charge in [-0.15, -0.1) is 0 Å². The van der Waals surface area contributed by atoms with Crippen LogP contribution in [0.1, 0.15) is 50.0 Å².